The second-order valence-corrected chi connectivity index (χ2v) is 4.77. The number of aliphatic hydroxyl groups excluding tert-OH is 1. The van der Waals surface area contributed by atoms with Crippen LogP contribution < -0.4 is 4.90 Å². The molecule has 0 aliphatic carbocycles. The number of H-pyrrole nitrogens is 2. The molecular formula is C14H12N6O. The van der Waals surface area contributed by atoms with Gasteiger partial charge < -0.3 is 15.1 Å². The number of nitrogens with one attached hydrogen (secondary N) is 3. The molecule has 104 valence electrons. The van der Waals surface area contributed by atoms with Crippen molar-refractivity contribution in [3.05, 3.63) is 48.2 Å². The summed E-state index contributed by atoms with van der Waals surface area (Å²) in [4.78, 5) is 16.2. The van der Waals surface area contributed by atoms with Gasteiger partial charge in [-0.25, -0.2) is 9.97 Å². The molecule has 0 fully saturated rings. The van der Waals surface area contributed by atoms with E-state index in [1.807, 2.05) is 24.3 Å². The summed E-state index contributed by atoms with van der Waals surface area (Å²) in [5.74, 6) is 1.29. The number of fused-ring (bicyclic) bond motifs is 1. The van der Waals surface area contributed by atoms with Crippen LogP contribution in [0.4, 0.5) is 5.95 Å². The predicted molar refractivity (Wildman–Crippen MR) is 79.3 cm³/mol. The highest BCUT2D eigenvalue weighted by molar-refractivity contribution is 6.30. The molecular weight excluding hydrogens is 268 g/mol. The van der Waals surface area contributed by atoms with E-state index in [2.05, 4.69) is 19.9 Å². The Hall–Kier alpha value is -3.09. The zero-order valence-electron chi connectivity index (χ0n) is 11.0. The molecule has 2 aromatic heterocycles. The van der Waals surface area contributed by atoms with Gasteiger partial charge in [-0.1, -0.05) is 12.1 Å². The predicted octanol–water partition coefficient (Wildman–Crippen LogP) is 2.05. The van der Waals surface area contributed by atoms with Gasteiger partial charge >= 0.3 is 0 Å². The molecule has 0 saturated heterocycles. The van der Waals surface area contributed by atoms with Crippen LogP contribution in [-0.2, 0) is 0 Å². The van der Waals surface area contributed by atoms with Crippen LogP contribution in [-0.4, -0.2) is 37.4 Å². The van der Waals surface area contributed by atoms with Crippen molar-refractivity contribution in [3.63, 3.8) is 0 Å². The van der Waals surface area contributed by atoms with Crippen LogP contribution in [0.25, 0.3) is 16.6 Å². The number of rotatable bonds is 2. The minimum atomic E-state index is 0.107. The number of hydrogen-bond donors (Lipinski definition) is 4. The lowest BCUT2D eigenvalue weighted by molar-refractivity contribution is 0.411. The number of benzene rings is 1. The third kappa shape index (κ3) is 1.71. The van der Waals surface area contributed by atoms with Crippen molar-refractivity contribution in [2.24, 2.45) is 0 Å². The molecule has 0 spiro atoms. The molecule has 0 bridgehead atoms. The van der Waals surface area contributed by atoms with Gasteiger partial charge in [-0.2, -0.15) is 0 Å². The smallest absolute Gasteiger partial charge is 0.208 e. The van der Waals surface area contributed by atoms with E-state index in [9.17, 15) is 5.11 Å². The van der Waals surface area contributed by atoms with Gasteiger partial charge in [0.15, 0.2) is 0 Å². The van der Waals surface area contributed by atoms with Crippen LogP contribution in [0.2, 0.25) is 0 Å². The lowest BCUT2D eigenvalue weighted by atomic mass is 10.2. The monoisotopic (exact) mass is 280 g/mol. The molecule has 3 aromatic rings. The number of aromatic amines is 2. The first-order valence-electron chi connectivity index (χ1n) is 6.47. The molecule has 7 nitrogen and oxygen atoms in total. The van der Waals surface area contributed by atoms with Gasteiger partial charge in [0.1, 0.15) is 17.4 Å². The quantitative estimate of drug-likeness (QED) is 0.576. The Labute approximate surface area is 119 Å². The largest absolute Gasteiger partial charge is 0.509 e. The first-order chi connectivity index (χ1) is 10.2. The van der Waals surface area contributed by atoms with Crippen molar-refractivity contribution >= 4 is 28.4 Å². The number of hydrogen-bond acceptors (Lipinski definition) is 4. The minimum Gasteiger partial charge on any atom is -0.509 e. The van der Waals surface area contributed by atoms with Crippen LogP contribution in [0, 0.1) is 5.41 Å². The summed E-state index contributed by atoms with van der Waals surface area (Å²) < 4.78 is 0. The molecule has 0 saturated carbocycles. The SMILES string of the molecule is N=C1C(c2nc3ccccc3[nH]2)=C(O)CN1c1ncc[nH]1. The highest BCUT2D eigenvalue weighted by Crippen LogP contribution is 2.28. The van der Waals surface area contributed by atoms with E-state index in [1.165, 1.54) is 0 Å². The summed E-state index contributed by atoms with van der Waals surface area (Å²) in [5, 5.41) is 18.5. The normalized spacial score (nSPS) is 15.4. The molecule has 4 rings (SSSR count). The first-order valence-corrected chi connectivity index (χ1v) is 6.47. The summed E-state index contributed by atoms with van der Waals surface area (Å²) in [5.41, 5.74) is 2.08. The Morgan fingerprint density at radius 2 is 2.14 bits per heavy atom. The van der Waals surface area contributed by atoms with Crippen molar-refractivity contribution in [2.45, 2.75) is 0 Å². The summed E-state index contributed by atoms with van der Waals surface area (Å²) in [6.07, 6.45) is 3.29. The van der Waals surface area contributed by atoms with Gasteiger partial charge in [-0.05, 0) is 12.1 Å². The van der Waals surface area contributed by atoms with Crippen LogP contribution in [0.1, 0.15) is 5.82 Å². The number of nitrogens with zero attached hydrogens (tertiary/aromatic N) is 3. The lowest BCUT2D eigenvalue weighted by Gasteiger charge is -2.14. The molecule has 21 heavy (non-hydrogen) atoms. The second kappa shape index (κ2) is 4.20. The number of para-hydroxylation sites is 2. The fourth-order valence-electron chi connectivity index (χ4n) is 2.48. The van der Waals surface area contributed by atoms with Gasteiger partial charge in [-0.15, -0.1) is 0 Å². The number of imidazole rings is 2. The zero-order chi connectivity index (χ0) is 14.4. The molecule has 1 aliphatic heterocycles. The van der Waals surface area contributed by atoms with Gasteiger partial charge in [0.05, 0.1) is 23.2 Å². The van der Waals surface area contributed by atoms with Crippen molar-refractivity contribution in [1.82, 2.24) is 19.9 Å². The molecule has 4 N–H and O–H groups in total. The third-order valence-electron chi connectivity index (χ3n) is 3.47. The standard InChI is InChI=1S/C14H12N6O/c15-12-11(10(21)7-20(12)14-16-5-6-17-14)13-18-8-3-1-2-4-9(8)19-13/h1-6,15,21H,7H2,(H,16,17)(H,18,19). The van der Waals surface area contributed by atoms with E-state index in [0.717, 1.165) is 11.0 Å². The van der Waals surface area contributed by atoms with Gasteiger partial charge in [-0.3, -0.25) is 10.3 Å². The van der Waals surface area contributed by atoms with Crippen LogP contribution in [0.5, 0.6) is 0 Å². The molecule has 0 amide bonds. The summed E-state index contributed by atoms with van der Waals surface area (Å²) in [6.45, 7) is 0.207. The van der Waals surface area contributed by atoms with E-state index in [1.54, 1.807) is 17.3 Å². The average molecular weight is 280 g/mol. The van der Waals surface area contributed by atoms with E-state index in [4.69, 9.17) is 5.41 Å². The van der Waals surface area contributed by atoms with E-state index < -0.39 is 0 Å². The fraction of sp³-hybridized carbons (Fsp3) is 0.0714. The Kier molecular flexibility index (Phi) is 2.34. The maximum absolute atomic E-state index is 10.2. The summed E-state index contributed by atoms with van der Waals surface area (Å²) >= 11 is 0. The van der Waals surface area contributed by atoms with Crippen molar-refractivity contribution < 1.29 is 5.11 Å². The van der Waals surface area contributed by atoms with Gasteiger partial charge in [0.25, 0.3) is 0 Å². The van der Waals surface area contributed by atoms with E-state index in [-0.39, 0.29) is 18.1 Å². The Morgan fingerprint density at radius 1 is 1.29 bits per heavy atom. The van der Waals surface area contributed by atoms with Crippen LogP contribution in [0.3, 0.4) is 0 Å². The highest BCUT2D eigenvalue weighted by atomic mass is 16.3. The van der Waals surface area contributed by atoms with Crippen molar-refractivity contribution in [3.8, 4) is 0 Å². The summed E-state index contributed by atoms with van der Waals surface area (Å²) in [7, 11) is 0. The maximum atomic E-state index is 10.2. The Bertz CT molecular complexity index is 828. The van der Waals surface area contributed by atoms with E-state index in [0.29, 0.717) is 17.3 Å². The topological polar surface area (TPSA) is 105 Å². The number of amidine groups is 1. The minimum absolute atomic E-state index is 0.107. The Morgan fingerprint density at radius 3 is 2.90 bits per heavy atom. The Balaban J connectivity index is 1.77. The number of aliphatic hydroxyl groups is 1. The second-order valence-electron chi connectivity index (χ2n) is 4.77. The summed E-state index contributed by atoms with van der Waals surface area (Å²) in [6, 6.07) is 7.60. The van der Waals surface area contributed by atoms with E-state index >= 15 is 0 Å². The molecule has 1 aromatic carbocycles. The zero-order valence-corrected chi connectivity index (χ0v) is 11.0. The van der Waals surface area contributed by atoms with Crippen LogP contribution >= 0.6 is 0 Å². The van der Waals surface area contributed by atoms with Crippen molar-refractivity contribution in [2.75, 3.05) is 11.4 Å². The van der Waals surface area contributed by atoms with Gasteiger partial charge in [0.2, 0.25) is 5.95 Å². The molecule has 1 aliphatic rings. The number of anilines is 1. The first kappa shape index (κ1) is 11.7. The highest BCUT2D eigenvalue weighted by Gasteiger charge is 2.32. The molecule has 3 heterocycles. The molecule has 0 unspecified atom stereocenters. The van der Waals surface area contributed by atoms with Gasteiger partial charge in [0, 0.05) is 12.4 Å². The number of aromatic nitrogens is 4. The maximum Gasteiger partial charge on any atom is 0.208 e. The van der Waals surface area contributed by atoms with Crippen LogP contribution in [0.15, 0.2) is 42.4 Å². The fourth-order valence-corrected chi connectivity index (χ4v) is 2.48. The molecule has 0 atom stereocenters. The third-order valence-corrected chi connectivity index (χ3v) is 3.47. The lowest BCUT2D eigenvalue weighted by Crippen LogP contribution is -2.27. The average Bonchev–Trinajstić information content (AvgIpc) is 3.17. The molecule has 7 heteroatoms. The van der Waals surface area contributed by atoms with Crippen molar-refractivity contribution in [1.29, 1.82) is 5.41 Å². The molecule has 0 radical (unpaired) electrons.